The number of amides is 1. The van der Waals surface area contributed by atoms with Gasteiger partial charge in [-0.05, 0) is 41.0 Å². The van der Waals surface area contributed by atoms with E-state index in [4.69, 9.17) is 9.47 Å². The fourth-order valence-corrected chi connectivity index (χ4v) is 2.64. The number of nitrogens with zero attached hydrogens (tertiary/aromatic N) is 1. The van der Waals surface area contributed by atoms with Gasteiger partial charge < -0.3 is 9.47 Å². The molecule has 1 N–H and O–H groups in total. The zero-order chi connectivity index (χ0) is 19.6. The minimum Gasteiger partial charge on any atom is -0.489 e. The van der Waals surface area contributed by atoms with Crippen LogP contribution in [0.1, 0.15) is 22.8 Å². The quantitative estimate of drug-likeness (QED) is 0.477. The Morgan fingerprint density at radius 1 is 0.964 bits per heavy atom. The van der Waals surface area contributed by atoms with Crippen LogP contribution in [0.15, 0.2) is 90.0 Å². The minimum absolute atomic E-state index is 0.326. The number of methoxy groups -OCH3 is 1. The van der Waals surface area contributed by atoms with Gasteiger partial charge in [-0.2, -0.15) is 5.10 Å². The zero-order valence-electron chi connectivity index (χ0n) is 15.6. The normalized spacial score (nSPS) is 11.9. The van der Waals surface area contributed by atoms with Crippen LogP contribution in [0.3, 0.4) is 0 Å². The van der Waals surface area contributed by atoms with Crippen LogP contribution >= 0.6 is 0 Å². The number of ether oxygens (including phenoxy) is 2. The lowest BCUT2D eigenvalue weighted by Gasteiger charge is -2.13. The molecule has 0 aromatic heterocycles. The second-order valence-corrected chi connectivity index (χ2v) is 6.10. The first kappa shape index (κ1) is 19.3. The molecule has 0 aliphatic carbocycles. The minimum atomic E-state index is -0.702. The summed E-state index contributed by atoms with van der Waals surface area (Å²) in [5, 5.41) is 4.01. The van der Waals surface area contributed by atoms with Gasteiger partial charge in [-0.15, -0.1) is 0 Å². The van der Waals surface area contributed by atoms with Crippen molar-refractivity contribution in [2.45, 2.75) is 12.7 Å². The van der Waals surface area contributed by atoms with E-state index in [9.17, 15) is 4.79 Å². The van der Waals surface area contributed by atoms with Crippen LogP contribution in [0, 0.1) is 0 Å². The lowest BCUT2D eigenvalue weighted by atomic mass is 10.1. The first-order valence-corrected chi connectivity index (χ1v) is 8.93. The molecule has 0 saturated heterocycles. The standard InChI is InChI=1S/C23H22N2O3/c1-27-22(20-10-6-3-7-11-20)23(26)25-24-16-18-12-14-21(15-13-18)28-17-19-8-4-2-5-9-19/h2-16,22H,17H2,1H3,(H,25,26)/b24-16-/t22-/m1/s1. The lowest BCUT2D eigenvalue weighted by Crippen LogP contribution is -2.26. The van der Waals surface area contributed by atoms with E-state index in [2.05, 4.69) is 10.5 Å². The second kappa shape index (κ2) is 10.0. The molecule has 0 aliphatic rings. The zero-order valence-corrected chi connectivity index (χ0v) is 15.6. The molecule has 142 valence electrons. The Kier molecular flexibility index (Phi) is 6.93. The number of nitrogens with one attached hydrogen (secondary N) is 1. The van der Waals surface area contributed by atoms with E-state index in [1.807, 2.05) is 84.9 Å². The van der Waals surface area contributed by atoms with E-state index in [1.54, 1.807) is 6.21 Å². The van der Waals surface area contributed by atoms with Crippen molar-refractivity contribution in [3.63, 3.8) is 0 Å². The Balaban J connectivity index is 1.52. The molecular formula is C23H22N2O3. The molecule has 1 atom stereocenters. The number of hydrogen-bond acceptors (Lipinski definition) is 4. The van der Waals surface area contributed by atoms with E-state index < -0.39 is 6.10 Å². The molecule has 0 saturated carbocycles. The molecule has 3 rings (SSSR count). The Morgan fingerprint density at radius 2 is 1.61 bits per heavy atom. The Labute approximate surface area is 164 Å². The van der Waals surface area contributed by atoms with Crippen LogP contribution < -0.4 is 10.2 Å². The summed E-state index contributed by atoms with van der Waals surface area (Å²) in [5.41, 5.74) is 5.25. The van der Waals surface area contributed by atoms with Gasteiger partial charge in [0.15, 0.2) is 6.10 Å². The summed E-state index contributed by atoms with van der Waals surface area (Å²) in [6.45, 7) is 0.516. The highest BCUT2D eigenvalue weighted by atomic mass is 16.5. The molecule has 1 amide bonds. The predicted molar refractivity (Wildman–Crippen MR) is 109 cm³/mol. The average molecular weight is 374 g/mol. The van der Waals surface area contributed by atoms with Crippen LogP contribution in [-0.4, -0.2) is 19.2 Å². The molecule has 0 spiro atoms. The highest BCUT2D eigenvalue weighted by molar-refractivity contribution is 5.85. The summed E-state index contributed by atoms with van der Waals surface area (Å²) in [7, 11) is 1.50. The van der Waals surface area contributed by atoms with Crippen molar-refractivity contribution in [3.8, 4) is 5.75 Å². The van der Waals surface area contributed by atoms with Crippen LogP contribution in [0.5, 0.6) is 5.75 Å². The van der Waals surface area contributed by atoms with Gasteiger partial charge in [0.25, 0.3) is 5.91 Å². The third-order valence-electron chi connectivity index (χ3n) is 4.09. The van der Waals surface area contributed by atoms with Crippen molar-refractivity contribution >= 4 is 12.1 Å². The van der Waals surface area contributed by atoms with E-state index in [0.717, 1.165) is 22.4 Å². The molecule has 3 aromatic carbocycles. The van der Waals surface area contributed by atoms with Crippen LogP contribution in [0.25, 0.3) is 0 Å². The molecule has 0 fully saturated rings. The number of carbonyl (C=O) groups is 1. The van der Waals surface area contributed by atoms with Gasteiger partial charge in [0.2, 0.25) is 0 Å². The molecule has 0 bridgehead atoms. The number of rotatable bonds is 8. The van der Waals surface area contributed by atoms with Gasteiger partial charge in [-0.1, -0.05) is 60.7 Å². The number of hydrazone groups is 1. The third kappa shape index (κ3) is 5.53. The molecule has 28 heavy (non-hydrogen) atoms. The van der Waals surface area contributed by atoms with Crippen LogP contribution in [0.4, 0.5) is 0 Å². The van der Waals surface area contributed by atoms with Gasteiger partial charge in [-0.3, -0.25) is 4.79 Å². The first-order valence-electron chi connectivity index (χ1n) is 8.93. The highest BCUT2D eigenvalue weighted by Crippen LogP contribution is 2.16. The van der Waals surface area contributed by atoms with Gasteiger partial charge in [0.1, 0.15) is 12.4 Å². The summed E-state index contributed by atoms with van der Waals surface area (Å²) in [5.74, 6) is 0.446. The smallest absolute Gasteiger partial charge is 0.273 e. The summed E-state index contributed by atoms with van der Waals surface area (Å²) < 4.78 is 11.0. The summed E-state index contributed by atoms with van der Waals surface area (Å²) in [6, 6.07) is 26.8. The fraction of sp³-hybridized carbons (Fsp3) is 0.130. The molecule has 3 aromatic rings. The molecule has 0 heterocycles. The average Bonchev–Trinajstić information content (AvgIpc) is 2.75. The van der Waals surface area contributed by atoms with Crippen molar-refractivity contribution in [2.24, 2.45) is 5.10 Å². The Morgan fingerprint density at radius 3 is 2.25 bits per heavy atom. The van der Waals surface area contributed by atoms with Crippen LogP contribution in [-0.2, 0) is 16.1 Å². The van der Waals surface area contributed by atoms with E-state index in [1.165, 1.54) is 7.11 Å². The maximum Gasteiger partial charge on any atom is 0.273 e. The predicted octanol–water partition coefficient (Wildman–Crippen LogP) is 4.10. The number of benzene rings is 3. The molecular weight excluding hydrogens is 352 g/mol. The van der Waals surface area contributed by atoms with E-state index in [0.29, 0.717) is 6.61 Å². The van der Waals surface area contributed by atoms with Crippen LogP contribution in [0.2, 0.25) is 0 Å². The maximum absolute atomic E-state index is 12.3. The Hall–Kier alpha value is -3.44. The largest absolute Gasteiger partial charge is 0.489 e. The van der Waals surface area contributed by atoms with Gasteiger partial charge in [0.05, 0.1) is 6.21 Å². The van der Waals surface area contributed by atoms with Crippen molar-refractivity contribution in [3.05, 3.63) is 102 Å². The number of hydrogen-bond donors (Lipinski definition) is 1. The fourth-order valence-electron chi connectivity index (χ4n) is 2.64. The maximum atomic E-state index is 12.3. The van der Waals surface area contributed by atoms with Gasteiger partial charge in [-0.25, -0.2) is 5.43 Å². The van der Waals surface area contributed by atoms with Gasteiger partial charge >= 0.3 is 0 Å². The van der Waals surface area contributed by atoms with Crippen molar-refractivity contribution in [1.82, 2.24) is 5.43 Å². The monoisotopic (exact) mass is 374 g/mol. The Bertz CT molecular complexity index is 894. The number of carbonyl (C=O) groups excluding carboxylic acids is 1. The van der Waals surface area contributed by atoms with E-state index in [-0.39, 0.29) is 5.91 Å². The van der Waals surface area contributed by atoms with Crippen molar-refractivity contribution in [2.75, 3.05) is 7.11 Å². The lowest BCUT2D eigenvalue weighted by molar-refractivity contribution is -0.131. The molecule has 0 aliphatic heterocycles. The second-order valence-electron chi connectivity index (χ2n) is 6.10. The highest BCUT2D eigenvalue weighted by Gasteiger charge is 2.18. The molecule has 0 radical (unpaired) electrons. The molecule has 5 nitrogen and oxygen atoms in total. The SMILES string of the molecule is CO[C@@H](C(=O)N/N=C\c1ccc(OCc2ccccc2)cc1)c1ccccc1. The topological polar surface area (TPSA) is 59.9 Å². The van der Waals surface area contributed by atoms with E-state index >= 15 is 0 Å². The molecule has 0 unspecified atom stereocenters. The van der Waals surface area contributed by atoms with Crippen molar-refractivity contribution < 1.29 is 14.3 Å². The summed E-state index contributed by atoms with van der Waals surface area (Å²) >= 11 is 0. The summed E-state index contributed by atoms with van der Waals surface area (Å²) in [6.07, 6.45) is 0.878. The third-order valence-corrected chi connectivity index (χ3v) is 4.09. The summed E-state index contributed by atoms with van der Waals surface area (Å²) in [4.78, 5) is 12.3. The first-order chi connectivity index (χ1) is 13.8. The van der Waals surface area contributed by atoms with Gasteiger partial charge in [0, 0.05) is 7.11 Å². The molecule has 5 heteroatoms. The van der Waals surface area contributed by atoms with Crippen molar-refractivity contribution in [1.29, 1.82) is 0 Å².